The van der Waals surface area contributed by atoms with Gasteiger partial charge in [0.25, 0.3) is 5.69 Å². The fourth-order valence-electron chi connectivity index (χ4n) is 4.72. The van der Waals surface area contributed by atoms with Crippen LogP contribution in [0.15, 0.2) is 54.2 Å². The lowest BCUT2D eigenvalue weighted by molar-refractivity contribution is -0.384. The number of anilines is 2. The molecule has 0 radical (unpaired) electrons. The van der Waals surface area contributed by atoms with Crippen LogP contribution in [0.4, 0.5) is 17.1 Å². The number of hydrogen-bond acceptors (Lipinski definition) is 6. The van der Waals surface area contributed by atoms with E-state index in [-0.39, 0.29) is 16.8 Å². The van der Waals surface area contributed by atoms with E-state index in [0.29, 0.717) is 49.3 Å². The van der Waals surface area contributed by atoms with Gasteiger partial charge in [0.2, 0.25) is 0 Å². The summed E-state index contributed by atoms with van der Waals surface area (Å²) in [6, 6.07) is 12.0. The van der Waals surface area contributed by atoms with E-state index in [1.165, 1.54) is 6.07 Å². The molecule has 2 N–H and O–H groups in total. The molecule has 0 aromatic heterocycles. The minimum absolute atomic E-state index is 0.00883. The first-order valence-electron chi connectivity index (χ1n) is 9.96. The fourth-order valence-corrected chi connectivity index (χ4v) is 4.89. The van der Waals surface area contributed by atoms with Crippen LogP contribution in [0.25, 0.3) is 0 Å². The summed E-state index contributed by atoms with van der Waals surface area (Å²) in [5.41, 5.74) is 1.63. The SMILES string of the molecule is O=C(O)C=C(C(=O)O)N1CCC2(CC1)CN(c1ccccc1[N+](=O)[O-])c1cc(Cl)ccc12. The van der Waals surface area contributed by atoms with Gasteiger partial charge < -0.3 is 20.0 Å². The van der Waals surface area contributed by atoms with E-state index in [0.717, 1.165) is 11.3 Å². The standard InChI is InChI=1S/C22H20ClN3O6/c23-14-5-6-15-18(11-14)25(16-3-1-2-4-17(16)26(31)32)13-22(15)7-9-24(10-8-22)19(21(29)30)12-20(27)28/h1-6,11-12H,7-10,13H2,(H,27,28)(H,29,30). The number of halogens is 1. The van der Waals surface area contributed by atoms with Crippen LogP contribution in [0.3, 0.4) is 0 Å². The summed E-state index contributed by atoms with van der Waals surface area (Å²) in [5.74, 6) is -2.60. The van der Waals surface area contributed by atoms with Crippen molar-refractivity contribution in [3.63, 3.8) is 0 Å². The van der Waals surface area contributed by atoms with Crippen LogP contribution in [0.5, 0.6) is 0 Å². The molecule has 2 aliphatic heterocycles. The predicted molar refractivity (Wildman–Crippen MR) is 117 cm³/mol. The van der Waals surface area contributed by atoms with Crippen LogP contribution in [-0.4, -0.2) is 51.6 Å². The zero-order valence-corrected chi connectivity index (χ0v) is 17.7. The Balaban J connectivity index is 1.70. The van der Waals surface area contributed by atoms with Gasteiger partial charge in [0.1, 0.15) is 11.4 Å². The Bertz CT molecular complexity index is 1140. The molecule has 10 heteroatoms. The largest absolute Gasteiger partial charge is 0.478 e. The van der Waals surface area contributed by atoms with Gasteiger partial charge in [-0.15, -0.1) is 0 Å². The molecular formula is C22H20ClN3O6. The van der Waals surface area contributed by atoms with Crippen molar-refractivity contribution >= 4 is 40.6 Å². The Morgan fingerprint density at radius 2 is 1.78 bits per heavy atom. The maximum absolute atomic E-state index is 11.6. The van der Waals surface area contributed by atoms with Crippen LogP contribution >= 0.6 is 11.6 Å². The molecule has 0 saturated carbocycles. The molecule has 32 heavy (non-hydrogen) atoms. The molecule has 0 unspecified atom stereocenters. The number of aliphatic carboxylic acids is 2. The third kappa shape index (κ3) is 3.75. The lowest BCUT2D eigenvalue weighted by Gasteiger charge is -2.41. The fraction of sp³-hybridized carbons (Fsp3) is 0.273. The van der Waals surface area contributed by atoms with Crippen LogP contribution in [-0.2, 0) is 15.0 Å². The second-order valence-corrected chi connectivity index (χ2v) is 8.37. The number of para-hydroxylation sites is 2. The molecule has 1 saturated heterocycles. The normalized spacial score (nSPS) is 17.3. The molecule has 1 spiro atoms. The summed E-state index contributed by atoms with van der Waals surface area (Å²) in [7, 11) is 0. The Kier molecular flexibility index (Phi) is 5.52. The third-order valence-corrected chi connectivity index (χ3v) is 6.43. The summed E-state index contributed by atoms with van der Waals surface area (Å²) in [6.07, 6.45) is 1.83. The van der Waals surface area contributed by atoms with Gasteiger partial charge in [-0.1, -0.05) is 29.8 Å². The number of hydrogen-bond donors (Lipinski definition) is 2. The second-order valence-electron chi connectivity index (χ2n) is 7.93. The monoisotopic (exact) mass is 457 g/mol. The minimum atomic E-state index is -1.31. The van der Waals surface area contributed by atoms with E-state index < -0.39 is 16.9 Å². The molecule has 1 fully saturated rings. The van der Waals surface area contributed by atoms with Crippen LogP contribution in [0, 0.1) is 10.1 Å². The van der Waals surface area contributed by atoms with Crippen molar-refractivity contribution in [3.8, 4) is 0 Å². The molecule has 9 nitrogen and oxygen atoms in total. The predicted octanol–water partition coefficient (Wildman–Crippen LogP) is 3.79. The Labute approximate surface area is 188 Å². The van der Waals surface area contributed by atoms with Crippen molar-refractivity contribution in [2.24, 2.45) is 0 Å². The highest BCUT2D eigenvalue weighted by atomic mass is 35.5. The number of carbonyl (C=O) groups is 2. The van der Waals surface area contributed by atoms with E-state index in [1.807, 2.05) is 11.0 Å². The zero-order valence-electron chi connectivity index (χ0n) is 16.9. The van der Waals surface area contributed by atoms with E-state index in [4.69, 9.17) is 16.7 Å². The third-order valence-electron chi connectivity index (χ3n) is 6.19. The first-order chi connectivity index (χ1) is 15.2. The van der Waals surface area contributed by atoms with Gasteiger partial charge in [-0.25, -0.2) is 9.59 Å². The summed E-state index contributed by atoms with van der Waals surface area (Å²) < 4.78 is 0. The average Bonchev–Trinajstić information content (AvgIpc) is 3.05. The molecule has 166 valence electrons. The van der Waals surface area contributed by atoms with Gasteiger partial charge in [-0.05, 0) is 36.6 Å². The Morgan fingerprint density at radius 3 is 2.41 bits per heavy atom. The zero-order chi connectivity index (χ0) is 23.0. The van der Waals surface area contributed by atoms with Gasteiger partial charge in [0.15, 0.2) is 0 Å². The maximum atomic E-state index is 11.6. The molecule has 0 atom stereocenters. The van der Waals surface area contributed by atoms with Crippen molar-refractivity contribution in [3.05, 3.63) is 74.9 Å². The van der Waals surface area contributed by atoms with E-state index >= 15 is 0 Å². The first kappa shape index (κ1) is 21.6. The number of fused-ring (bicyclic) bond motifs is 2. The van der Waals surface area contributed by atoms with Crippen LogP contribution in [0.2, 0.25) is 5.02 Å². The number of benzene rings is 2. The molecule has 2 aliphatic rings. The number of carboxylic acids is 2. The van der Waals surface area contributed by atoms with Crippen molar-refractivity contribution in [2.75, 3.05) is 24.5 Å². The summed E-state index contributed by atoms with van der Waals surface area (Å²) in [5, 5.41) is 30.6. The van der Waals surface area contributed by atoms with Gasteiger partial charge in [0.05, 0.1) is 11.0 Å². The maximum Gasteiger partial charge on any atom is 0.352 e. The number of nitrogens with zero attached hydrogens (tertiary/aromatic N) is 3. The summed E-state index contributed by atoms with van der Waals surface area (Å²) >= 11 is 6.26. The molecule has 0 bridgehead atoms. The van der Waals surface area contributed by atoms with Crippen LogP contribution in [0.1, 0.15) is 18.4 Å². The van der Waals surface area contributed by atoms with Crippen molar-refractivity contribution in [1.29, 1.82) is 0 Å². The van der Waals surface area contributed by atoms with Crippen LogP contribution < -0.4 is 4.90 Å². The minimum Gasteiger partial charge on any atom is -0.478 e. The van der Waals surface area contributed by atoms with Crippen molar-refractivity contribution in [1.82, 2.24) is 4.90 Å². The summed E-state index contributed by atoms with van der Waals surface area (Å²) in [6.45, 7) is 1.17. The molecular weight excluding hydrogens is 438 g/mol. The smallest absolute Gasteiger partial charge is 0.352 e. The Hall–Kier alpha value is -3.59. The van der Waals surface area contributed by atoms with E-state index in [9.17, 15) is 24.8 Å². The Morgan fingerprint density at radius 1 is 1.09 bits per heavy atom. The molecule has 2 heterocycles. The number of piperidine rings is 1. The topological polar surface area (TPSA) is 124 Å². The highest BCUT2D eigenvalue weighted by molar-refractivity contribution is 6.31. The number of nitro groups is 1. The van der Waals surface area contributed by atoms with Gasteiger partial charge in [-0.3, -0.25) is 10.1 Å². The number of carboxylic acid groups (broad SMARTS) is 2. The number of likely N-dealkylation sites (tertiary alicyclic amines) is 1. The average molecular weight is 458 g/mol. The van der Waals surface area contributed by atoms with Gasteiger partial charge in [-0.2, -0.15) is 0 Å². The van der Waals surface area contributed by atoms with Crippen molar-refractivity contribution < 1.29 is 24.7 Å². The number of nitro benzene ring substituents is 1. The second kappa shape index (κ2) is 8.16. The molecule has 0 aliphatic carbocycles. The van der Waals surface area contributed by atoms with Crippen molar-refractivity contribution in [2.45, 2.75) is 18.3 Å². The highest BCUT2D eigenvalue weighted by Crippen LogP contribution is 2.51. The lowest BCUT2D eigenvalue weighted by Crippen LogP contribution is -2.45. The van der Waals surface area contributed by atoms with Gasteiger partial charge in [0, 0.05) is 41.8 Å². The first-order valence-corrected chi connectivity index (χ1v) is 10.3. The number of rotatable bonds is 5. The van der Waals surface area contributed by atoms with E-state index in [2.05, 4.69) is 0 Å². The lowest BCUT2D eigenvalue weighted by atomic mass is 9.74. The quantitative estimate of drug-likeness (QED) is 0.395. The molecule has 4 rings (SSSR count). The summed E-state index contributed by atoms with van der Waals surface area (Å²) in [4.78, 5) is 37.3. The van der Waals surface area contributed by atoms with Gasteiger partial charge >= 0.3 is 11.9 Å². The molecule has 0 amide bonds. The molecule has 2 aromatic carbocycles. The highest BCUT2D eigenvalue weighted by Gasteiger charge is 2.46. The molecule has 2 aromatic rings. The van der Waals surface area contributed by atoms with E-state index in [1.54, 1.807) is 35.2 Å².